The smallest absolute Gasteiger partial charge is 0.0288 e. The van der Waals surface area contributed by atoms with Crippen LogP contribution in [0.2, 0.25) is 0 Å². The van der Waals surface area contributed by atoms with Gasteiger partial charge < -0.3 is 0 Å². The second kappa shape index (κ2) is 8.55. The van der Waals surface area contributed by atoms with Crippen LogP contribution in [0.5, 0.6) is 0 Å². The zero-order valence-corrected chi connectivity index (χ0v) is 9.55. The predicted octanol–water partition coefficient (Wildman–Crippen LogP) is 4.81. The summed E-state index contributed by atoms with van der Waals surface area (Å²) in [5.41, 5.74) is 2.74. The van der Waals surface area contributed by atoms with Crippen LogP contribution in [0.4, 0.5) is 0 Å². The van der Waals surface area contributed by atoms with E-state index in [2.05, 4.69) is 39.2 Å². The Morgan fingerprint density at radius 2 is 1.79 bits per heavy atom. The van der Waals surface area contributed by atoms with Gasteiger partial charge >= 0.3 is 0 Å². The van der Waals surface area contributed by atoms with Gasteiger partial charge in [0.1, 0.15) is 0 Å². The van der Waals surface area contributed by atoms with Crippen LogP contribution in [0.1, 0.15) is 39.5 Å². The maximum absolute atomic E-state index is 4.06. The third-order valence-corrected chi connectivity index (χ3v) is 1.99. The Bertz CT molecular complexity index is 224. The Balaban J connectivity index is 3.51. The molecule has 0 fully saturated rings. The maximum Gasteiger partial charge on any atom is -0.0288 e. The first kappa shape index (κ1) is 13.0. The fourth-order valence-electron chi connectivity index (χ4n) is 1.17. The van der Waals surface area contributed by atoms with E-state index in [1.165, 1.54) is 11.1 Å². The van der Waals surface area contributed by atoms with Crippen molar-refractivity contribution >= 4 is 0 Å². The molecule has 0 heterocycles. The summed E-state index contributed by atoms with van der Waals surface area (Å²) < 4.78 is 0. The Hall–Kier alpha value is -1.04. The van der Waals surface area contributed by atoms with E-state index in [9.17, 15) is 0 Å². The van der Waals surface area contributed by atoms with E-state index in [4.69, 9.17) is 0 Å². The molecular formula is C14H22. The first-order chi connectivity index (χ1) is 6.66. The molecule has 0 aliphatic heterocycles. The summed E-state index contributed by atoms with van der Waals surface area (Å²) in [4.78, 5) is 0. The van der Waals surface area contributed by atoms with Crippen molar-refractivity contribution in [3.8, 4) is 0 Å². The molecule has 0 aliphatic rings. The third-order valence-electron chi connectivity index (χ3n) is 1.99. The van der Waals surface area contributed by atoms with Crippen molar-refractivity contribution in [2.45, 2.75) is 39.5 Å². The van der Waals surface area contributed by atoms with E-state index in [1.54, 1.807) is 0 Å². The van der Waals surface area contributed by atoms with Crippen molar-refractivity contribution in [2.24, 2.45) is 0 Å². The Morgan fingerprint density at radius 1 is 1.14 bits per heavy atom. The summed E-state index contributed by atoms with van der Waals surface area (Å²) >= 11 is 0. The minimum Gasteiger partial charge on any atom is -0.0998 e. The van der Waals surface area contributed by atoms with Crippen LogP contribution in [0.3, 0.4) is 0 Å². The summed E-state index contributed by atoms with van der Waals surface area (Å²) in [5.74, 6) is 0. The molecule has 0 amide bonds. The molecule has 0 nitrogen and oxygen atoms in total. The highest BCUT2D eigenvalue weighted by molar-refractivity contribution is 5.03. The lowest BCUT2D eigenvalue weighted by molar-refractivity contribution is 0.866. The van der Waals surface area contributed by atoms with E-state index in [0.29, 0.717) is 0 Å². The first-order valence-corrected chi connectivity index (χ1v) is 5.24. The van der Waals surface area contributed by atoms with Gasteiger partial charge in [-0.1, -0.05) is 48.6 Å². The number of hydrogen-bond donors (Lipinski definition) is 0. The van der Waals surface area contributed by atoms with Gasteiger partial charge in [-0.25, -0.2) is 0 Å². The summed E-state index contributed by atoms with van der Waals surface area (Å²) in [6.07, 6.45) is 12.6. The Labute approximate surface area is 88.7 Å². The van der Waals surface area contributed by atoms with Gasteiger partial charge in [0, 0.05) is 0 Å². The fraction of sp³-hybridized carbons (Fsp3) is 0.429. The molecule has 0 aromatic rings. The molecule has 0 spiro atoms. The largest absolute Gasteiger partial charge is 0.0998 e. The zero-order valence-electron chi connectivity index (χ0n) is 9.55. The summed E-state index contributed by atoms with van der Waals surface area (Å²) in [6, 6.07) is 0. The molecule has 0 bridgehead atoms. The van der Waals surface area contributed by atoms with Gasteiger partial charge in [-0.05, 0) is 39.5 Å². The van der Waals surface area contributed by atoms with Crippen LogP contribution in [-0.2, 0) is 0 Å². The van der Waals surface area contributed by atoms with E-state index in [-0.39, 0.29) is 0 Å². The second-order valence-corrected chi connectivity index (χ2v) is 3.77. The van der Waals surface area contributed by atoms with Gasteiger partial charge in [0.05, 0.1) is 0 Å². The molecule has 0 unspecified atom stereocenters. The molecule has 0 aliphatic carbocycles. The normalized spacial score (nSPS) is 10.1. The van der Waals surface area contributed by atoms with E-state index >= 15 is 0 Å². The summed E-state index contributed by atoms with van der Waals surface area (Å²) in [6.45, 7) is 12.0. The van der Waals surface area contributed by atoms with Crippen LogP contribution < -0.4 is 0 Å². The van der Waals surface area contributed by atoms with Crippen LogP contribution in [-0.4, -0.2) is 0 Å². The van der Waals surface area contributed by atoms with Gasteiger partial charge in [-0.2, -0.15) is 0 Å². The van der Waals surface area contributed by atoms with Gasteiger partial charge in [0.25, 0.3) is 0 Å². The van der Waals surface area contributed by atoms with Crippen molar-refractivity contribution in [2.75, 3.05) is 0 Å². The average molecular weight is 190 g/mol. The zero-order chi connectivity index (χ0) is 10.8. The third kappa shape index (κ3) is 9.05. The molecule has 14 heavy (non-hydrogen) atoms. The summed E-state index contributed by atoms with van der Waals surface area (Å²) in [5, 5.41) is 0. The maximum atomic E-state index is 4.06. The fourth-order valence-corrected chi connectivity index (χ4v) is 1.17. The molecule has 0 aromatic heterocycles. The Kier molecular flexibility index (Phi) is 7.92. The lowest BCUT2D eigenvalue weighted by Crippen LogP contribution is -1.81. The van der Waals surface area contributed by atoms with Crippen molar-refractivity contribution < 1.29 is 0 Å². The lowest BCUT2D eigenvalue weighted by atomic mass is 10.1. The first-order valence-electron chi connectivity index (χ1n) is 5.24. The number of hydrogen-bond acceptors (Lipinski definition) is 0. The van der Waals surface area contributed by atoms with Crippen LogP contribution in [0.25, 0.3) is 0 Å². The highest BCUT2D eigenvalue weighted by atomic mass is 14.0. The molecule has 0 atom stereocenters. The monoisotopic (exact) mass is 190 g/mol. The molecule has 0 radical (unpaired) electrons. The van der Waals surface area contributed by atoms with Crippen LogP contribution in [0, 0.1) is 0 Å². The van der Waals surface area contributed by atoms with Gasteiger partial charge in [-0.15, -0.1) is 0 Å². The molecule has 0 N–H and O–H groups in total. The van der Waals surface area contributed by atoms with E-state index in [1.807, 2.05) is 12.2 Å². The molecule has 0 saturated heterocycles. The molecule has 0 saturated carbocycles. The average Bonchev–Trinajstić information content (AvgIpc) is 2.12. The quantitative estimate of drug-likeness (QED) is 0.399. The van der Waals surface area contributed by atoms with E-state index < -0.39 is 0 Å². The standard InChI is InChI=1S/C14H22/c1-5-6-7-8-11-14(4)12-9-10-13(2)3/h5-7,10H,1,4,8-9,11-12H2,2-3H3. The van der Waals surface area contributed by atoms with Crippen molar-refractivity contribution in [1.82, 2.24) is 0 Å². The highest BCUT2D eigenvalue weighted by Gasteiger charge is 1.91. The van der Waals surface area contributed by atoms with Crippen LogP contribution >= 0.6 is 0 Å². The lowest BCUT2D eigenvalue weighted by Gasteiger charge is -2.01. The highest BCUT2D eigenvalue weighted by Crippen LogP contribution is 2.11. The number of rotatable bonds is 7. The van der Waals surface area contributed by atoms with Crippen molar-refractivity contribution in [3.05, 3.63) is 48.6 Å². The minimum absolute atomic E-state index is 1.08. The molecule has 0 aromatic carbocycles. The SMILES string of the molecule is C=CC=CCCC(=C)CCC=C(C)C. The Morgan fingerprint density at radius 3 is 2.36 bits per heavy atom. The summed E-state index contributed by atoms with van der Waals surface area (Å²) in [7, 11) is 0. The van der Waals surface area contributed by atoms with Crippen LogP contribution in [0.15, 0.2) is 48.6 Å². The topological polar surface area (TPSA) is 0 Å². The molecule has 0 heteroatoms. The van der Waals surface area contributed by atoms with Crippen molar-refractivity contribution in [3.63, 3.8) is 0 Å². The molecule has 0 rings (SSSR count). The predicted molar refractivity (Wildman–Crippen MR) is 66.4 cm³/mol. The molecular weight excluding hydrogens is 168 g/mol. The number of allylic oxidation sites excluding steroid dienone is 6. The van der Waals surface area contributed by atoms with Crippen molar-refractivity contribution in [1.29, 1.82) is 0 Å². The minimum atomic E-state index is 1.08. The van der Waals surface area contributed by atoms with Gasteiger partial charge in [0.2, 0.25) is 0 Å². The second-order valence-electron chi connectivity index (χ2n) is 3.77. The van der Waals surface area contributed by atoms with Gasteiger partial charge in [-0.3, -0.25) is 0 Å². The molecule has 78 valence electrons. The van der Waals surface area contributed by atoms with E-state index in [0.717, 1.165) is 25.7 Å². The van der Waals surface area contributed by atoms with Gasteiger partial charge in [0.15, 0.2) is 0 Å².